The summed E-state index contributed by atoms with van der Waals surface area (Å²) >= 11 is 5.64. The van der Waals surface area contributed by atoms with Crippen molar-refractivity contribution in [3.05, 3.63) is 23.4 Å². The number of rotatable bonds is 3. The minimum Gasteiger partial charge on any atom is -0.351 e. The van der Waals surface area contributed by atoms with E-state index in [2.05, 4.69) is 4.98 Å². The average molecular weight is 253 g/mol. The molecule has 0 N–H and O–H groups in total. The number of pyridine rings is 1. The fraction of sp³-hybridized carbons (Fsp3) is 0.500. The first-order chi connectivity index (χ1) is 7.33. The molecule has 0 aliphatic carbocycles. The molecular formula is C10H12ClF3N2. The molecule has 0 radical (unpaired) electrons. The Kier molecular flexibility index (Phi) is 4.02. The van der Waals surface area contributed by atoms with Gasteiger partial charge in [-0.15, -0.1) is 11.6 Å². The summed E-state index contributed by atoms with van der Waals surface area (Å²) in [6, 6.07) is 3.23. The minimum atomic E-state index is -4.23. The van der Waals surface area contributed by atoms with E-state index in [1.807, 2.05) is 0 Å². The second-order valence-electron chi connectivity index (χ2n) is 3.52. The van der Waals surface area contributed by atoms with Crippen molar-refractivity contribution < 1.29 is 13.2 Å². The SMILES string of the molecule is Cc1nc(N(C)CC(F)(F)F)ccc1CCl. The van der Waals surface area contributed by atoms with E-state index in [1.54, 1.807) is 13.0 Å². The molecule has 0 aliphatic heterocycles. The van der Waals surface area contributed by atoms with Gasteiger partial charge in [-0.25, -0.2) is 4.98 Å². The minimum absolute atomic E-state index is 0.295. The molecule has 0 fully saturated rings. The maximum Gasteiger partial charge on any atom is 0.405 e. The topological polar surface area (TPSA) is 16.1 Å². The Morgan fingerprint density at radius 2 is 2.00 bits per heavy atom. The third-order valence-electron chi connectivity index (χ3n) is 2.13. The maximum absolute atomic E-state index is 12.1. The largest absolute Gasteiger partial charge is 0.405 e. The van der Waals surface area contributed by atoms with Gasteiger partial charge < -0.3 is 4.90 Å². The van der Waals surface area contributed by atoms with Crippen molar-refractivity contribution in [3.63, 3.8) is 0 Å². The molecule has 0 bridgehead atoms. The van der Waals surface area contributed by atoms with E-state index in [0.29, 0.717) is 17.4 Å². The second kappa shape index (κ2) is 4.91. The van der Waals surface area contributed by atoms with Crippen LogP contribution in [-0.4, -0.2) is 24.8 Å². The molecule has 0 aromatic carbocycles. The Labute approximate surface area is 97.0 Å². The van der Waals surface area contributed by atoms with E-state index in [4.69, 9.17) is 11.6 Å². The van der Waals surface area contributed by atoms with Crippen LogP contribution >= 0.6 is 11.6 Å². The van der Waals surface area contributed by atoms with Gasteiger partial charge in [-0.2, -0.15) is 13.2 Å². The molecule has 6 heteroatoms. The molecule has 16 heavy (non-hydrogen) atoms. The quantitative estimate of drug-likeness (QED) is 0.769. The fourth-order valence-corrected chi connectivity index (χ4v) is 1.56. The normalized spacial score (nSPS) is 11.6. The van der Waals surface area contributed by atoms with Gasteiger partial charge in [0.25, 0.3) is 0 Å². The summed E-state index contributed by atoms with van der Waals surface area (Å²) in [4.78, 5) is 5.13. The molecule has 2 nitrogen and oxygen atoms in total. The molecule has 1 aromatic rings. The highest BCUT2D eigenvalue weighted by Crippen LogP contribution is 2.20. The smallest absolute Gasteiger partial charge is 0.351 e. The molecule has 0 amide bonds. The van der Waals surface area contributed by atoms with Crippen molar-refractivity contribution in [2.24, 2.45) is 0 Å². The molecule has 0 spiro atoms. The third kappa shape index (κ3) is 3.56. The van der Waals surface area contributed by atoms with E-state index in [1.165, 1.54) is 13.1 Å². The Bertz CT molecular complexity index is 366. The molecule has 1 heterocycles. The van der Waals surface area contributed by atoms with Gasteiger partial charge in [0, 0.05) is 18.6 Å². The molecule has 0 aliphatic rings. The van der Waals surface area contributed by atoms with Crippen LogP contribution in [0.25, 0.3) is 0 Å². The molecule has 90 valence electrons. The number of alkyl halides is 4. The number of hydrogen-bond acceptors (Lipinski definition) is 2. The van der Waals surface area contributed by atoms with Gasteiger partial charge in [-0.1, -0.05) is 6.07 Å². The van der Waals surface area contributed by atoms with Crippen molar-refractivity contribution in [1.29, 1.82) is 0 Å². The van der Waals surface area contributed by atoms with E-state index in [0.717, 1.165) is 10.5 Å². The number of halogens is 4. The molecule has 0 saturated heterocycles. The summed E-state index contributed by atoms with van der Waals surface area (Å²) in [5.74, 6) is 0.603. The highest BCUT2D eigenvalue weighted by molar-refractivity contribution is 6.17. The lowest BCUT2D eigenvalue weighted by Gasteiger charge is -2.20. The van der Waals surface area contributed by atoms with Crippen LogP contribution in [0.3, 0.4) is 0 Å². The summed E-state index contributed by atoms with van der Waals surface area (Å²) in [6.07, 6.45) is -4.23. The predicted octanol–water partition coefficient (Wildman–Crippen LogP) is 3.13. The predicted molar refractivity (Wildman–Crippen MR) is 57.9 cm³/mol. The zero-order chi connectivity index (χ0) is 12.3. The summed E-state index contributed by atoms with van der Waals surface area (Å²) in [6.45, 7) is 0.711. The van der Waals surface area contributed by atoms with E-state index in [-0.39, 0.29) is 0 Å². The van der Waals surface area contributed by atoms with Gasteiger partial charge in [-0.05, 0) is 18.6 Å². The molecule has 1 rings (SSSR count). The fourth-order valence-electron chi connectivity index (χ4n) is 1.28. The molecule has 1 aromatic heterocycles. The molecule has 0 atom stereocenters. The van der Waals surface area contributed by atoms with Crippen LogP contribution in [0, 0.1) is 6.92 Å². The van der Waals surface area contributed by atoms with Gasteiger partial charge in [0.05, 0.1) is 0 Å². The maximum atomic E-state index is 12.1. The monoisotopic (exact) mass is 252 g/mol. The number of hydrogen-bond donors (Lipinski definition) is 0. The third-order valence-corrected chi connectivity index (χ3v) is 2.42. The summed E-state index contributed by atoms with van der Waals surface area (Å²) in [5.41, 5.74) is 1.48. The van der Waals surface area contributed by atoms with Crippen LogP contribution in [-0.2, 0) is 5.88 Å². The Hall–Kier alpha value is -0.970. The number of nitrogens with zero attached hydrogens (tertiary/aromatic N) is 2. The molecule has 0 saturated carbocycles. The molecular weight excluding hydrogens is 241 g/mol. The van der Waals surface area contributed by atoms with Crippen molar-refractivity contribution in [3.8, 4) is 0 Å². The summed E-state index contributed by atoms with van der Waals surface area (Å²) in [7, 11) is 1.36. The highest BCUT2D eigenvalue weighted by atomic mass is 35.5. The lowest BCUT2D eigenvalue weighted by molar-refractivity contribution is -0.119. The van der Waals surface area contributed by atoms with Gasteiger partial charge in [-0.3, -0.25) is 0 Å². The Balaban J connectivity index is 2.85. The van der Waals surface area contributed by atoms with E-state index < -0.39 is 12.7 Å². The lowest BCUT2D eigenvalue weighted by atomic mass is 10.2. The van der Waals surface area contributed by atoms with Crippen LogP contribution in [0.5, 0.6) is 0 Å². The van der Waals surface area contributed by atoms with Crippen molar-refractivity contribution in [2.45, 2.75) is 19.0 Å². The standard InChI is InChI=1S/C10H12ClF3N2/c1-7-8(5-11)3-4-9(15-7)16(2)6-10(12,13)14/h3-4H,5-6H2,1-2H3. The van der Waals surface area contributed by atoms with Crippen LogP contribution in [0.15, 0.2) is 12.1 Å². The Morgan fingerprint density at radius 3 is 2.44 bits per heavy atom. The van der Waals surface area contributed by atoms with Crippen LogP contribution in [0.1, 0.15) is 11.3 Å². The van der Waals surface area contributed by atoms with Crippen molar-refractivity contribution in [1.82, 2.24) is 4.98 Å². The lowest BCUT2D eigenvalue weighted by Crippen LogP contribution is -2.31. The average Bonchev–Trinajstić information content (AvgIpc) is 2.15. The highest BCUT2D eigenvalue weighted by Gasteiger charge is 2.29. The van der Waals surface area contributed by atoms with Crippen molar-refractivity contribution in [2.75, 3.05) is 18.5 Å². The first-order valence-electron chi connectivity index (χ1n) is 4.64. The Morgan fingerprint density at radius 1 is 1.38 bits per heavy atom. The van der Waals surface area contributed by atoms with Gasteiger partial charge in [0.1, 0.15) is 12.4 Å². The first kappa shape index (κ1) is 13.1. The van der Waals surface area contributed by atoms with Crippen LogP contribution in [0.2, 0.25) is 0 Å². The zero-order valence-electron chi connectivity index (χ0n) is 8.98. The van der Waals surface area contributed by atoms with Gasteiger partial charge in [0.15, 0.2) is 0 Å². The van der Waals surface area contributed by atoms with E-state index >= 15 is 0 Å². The molecule has 0 unspecified atom stereocenters. The van der Waals surface area contributed by atoms with Gasteiger partial charge >= 0.3 is 6.18 Å². The van der Waals surface area contributed by atoms with E-state index in [9.17, 15) is 13.2 Å². The number of aryl methyl sites for hydroxylation is 1. The summed E-state index contributed by atoms with van der Waals surface area (Å²) < 4.78 is 36.4. The van der Waals surface area contributed by atoms with Crippen LogP contribution in [0.4, 0.5) is 19.0 Å². The summed E-state index contributed by atoms with van der Waals surface area (Å²) in [5, 5.41) is 0. The second-order valence-corrected chi connectivity index (χ2v) is 3.79. The zero-order valence-corrected chi connectivity index (χ0v) is 9.73. The van der Waals surface area contributed by atoms with Gasteiger partial charge in [0.2, 0.25) is 0 Å². The van der Waals surface area contributed by atoms with Crippen molar-refractivity contribution >= 4 is 17.4 Å². The first-order valence-corrected chi connectivity index (χ1v) is 5.17. The van der Waals surface area contributed by atoms with Crippen LogP contribution < -0.4 is 4.90 Å². The number of anilines is 1. The number of aromatic nitrogens is 1.